The quantitative estimate of drug-likeness (QED) is 0.710. The van der Waals surface area contributed by atoms with E-state index in [1.807, 2.05) is 0 Å². The number of ether oxygens (including phenoxy) is 2. The van der Waals surface area contributed by atoms with Crippen molar-refractivity contribution in [3.8, 4) is 0 Å². The molecule has 1 aromatic carbocycles. The Morgan fingerprint density at radius 3 is 2.83 bits per heavy atom. The average molecular weight is 320 g/mol. The van der Waals surface area contributed by atoms with Crippen LogP contribution >= 0.6 is 15.9 Å². The third-order valence-electron chi connectivity index (χ3n) is 2.39. The van der Waals surface area contributed by atoms with Crippen molar-refractivity contribution in [2.45, 2.75) is 13.0 Å². The highest BCUT2D eigenvalue weighted by Gasteiger charge is 1.99. The summed E-state index contributed by atoms with van der Waals surface area (Å²) >= 11 is 3.17. The minimum Gasteiger partial charge on any atom is -0.382 e. The van der Waals surface area contributed by atoms with Crippen LogP contribution in [0.2, 0.25) is 0 Å². The van der Waals surface area contributed by atoms with Crippen molar-refractivity contribution in [2.24, 2.45) is 0 Å². The van der Waals surface area contributed by atoms with Gasteiger partial charge in [0.15, 0.2) is 0 Å². The van der Waals surface area contributed by atoms with Gasteiger partial charge in [0.05, 0.1) is 17.7 Å². The molecule has 0 bridgehead atoms. The molecule has 0 aliphatic carbocycles. The lowest BCUT2D eigenvalue weighted by molar-refractivity contribution is 0.0695. The molecule has 1 rings (SSSR count). The highest BCUT2D eigenvalue weighted by Crippen LogP contribution is 2.16. The van der Waals surface area contributed by atoms with E-state index < -0.39 is 0 Å². The molecule has 18 heavy (non-hydrogen) atoms. The van der Waals surface area contributed by atoms with Gasteiger partial charge in [0.25, 0.3) is 0 Å². The zero-order chi connectivity index (χ0) is 13.2. The fourth-order valence-electron chi connectivity index (χ4n) is 1.43. The van der Waals surface area contributed by atoms with Gasteiger partial charge in [0.1, 0.15) is 5.82 Å². The number of methoxy groups -OCH3 is 1. The number of rotatable bonds is 9. The predicted molar refractivity (Wildman–Crippen MR) is 73.1 cm³/mol. The fraction of sp³-hybridized carbons (Fsp3) is 0.538. The van der Waals surface area contributed by atoms with E-state index in [9.17, 15) is 4.39 Å². The lowest BCUT2D eigenvalue weighted by Gasteiger charge is -2.06. The van der Waals surface area contributed by atoms with Gasteiger partial charge in [-0.15, -0.1) is 0 Å². The van der Waals surface area contributed by atoms with Crippen LogP contribution in [0.5, 0.6) is 0 Å². The van der Waals surface area contributed by atoms with Crippen LogP contribution in [0.25, 0.3) is 0 Å². The average Bonchev–Trinajstić information content (AvgIpc) is 2.37. The van der Waals surface area contributed by atoms with Crippen molar-refractivity contribution in [3.63, 3.8) is 0 Å². The van der Waals surface area contributed by atoms with Gasteiger partial charge in [-0.3, -0.25) is 0 Å². The molecule has 0 heterocycles. The molecule has 5 heteroatoms. The first-order chi connectivity index (χ1) is 8.74. The Labute approximate surface area is 116 Å². The molecule has 0 atom stereocenters. The summed E-state index contributed by atoms with van der Waals surface area (Å²) < 4.78 is 23.7. The van der Waals surface area contributed by atoms with Gasteiger partial charge in [-0.1, -0.05) is 6.07 Å². The molecule has 0 amide bonds. The number of halogens is 2. The molecule has 0 fully saturated rings. The van der Waals surface area contributed by atoms with Crippen LogP contribution in [0.15, 0.2) is 22.7 Å². The number of hydrogen-bond donors (Lipinski definition) is 1. The lowest BCUT2D eigenvalue weighted by Crippen LogP contribution is -2.17. The minimum atomic E-state index is -0.231. The molecule has 0 saturated carbocycles. The van der Waals surface area contributed by atoms with Crippen molar-refractivity contribution in [1.82, 2.24) is 5.32 Å². The van der Waals surface area contributed by atoms with E-state index in [1.165, 1.54) is 6.07 Å². The van der Waals surface area contributed by atoms with Crippen LogP contribution in [-0.2, 0) is 16.0 Å². The lowest BCUT2D eigenvalue weighted by atomic mass is 10.2. The maximum atomic E-state index is 13.0. The summed E-state index contributed by atoms with van der Waals surface area (Å²) in [6.07, 6.45) is 0.950. The highest BCUT2D eigenvalue weighted by molar-refractivity contribution is 9.10. The maximum Gasteiger partial charge on any atom is 0.137 e. The third kappa shape index (κ3) is 6.44. The van der Waals surface area contributed by atoms with E-state index in [1.54, 1.807) is 19.2 Å². The highest BCUT2D eigenvalue weighted by atomic mass is 79.9. The molecule has 0 aliphatic rings. The Morgan fingerprint density at radius 1 is 1.28 bits per heavy atom. The molecule has 0 aromatic heterocycles. The molecule has 0 unspecified atom stereocenters. The second kappa shape index (κ2) is 9.44. The Bertz CT molecular complexity index is 350. The number of nitrogens with one attached hydrogen (secondary N) is 1. The molecule has 0 radical (unpaired) electrons. The smallest absolute Gasteiger partial charge is 0.137 e. The van der Waals surface area contributed by atoms with Crippen molar-refractivity contribution in [2.75, 3.05) is 33.5 Å². The van der Waals surface area contributed by atoms with Gasteiger partial charge in [0, 0.05) is 20.3 Å². The van der Waals surface area contributed by atoms with Gasteiger partial charge in [-0.2, -0.15) is 0 Å². The summed E-state index contributed by atoms with van der Waals surface area (Å²) in [5.74, 6) is -0.231. The van der Waals surface area contributed by atoms with E-state index in [-0.39, 0.29) is 5.82 Å². The number of benzene rings is 1. The van der Waals surface area contributed by atoms with E-state index in [4.69, 9.17) is 9.47 Å². The van der Waals surface area contributed by atoms with E-state index in [0.717, 1.165) is 31.7 Å². The van der Waals surface area contributed by atoms with E-state index >= 15 is 0 Å². The zero-order valence-corrected chi connectivity index (χ0v) is 12.1. The molecule has 0 saturated heterocycles. The Kier molecular flexibility index (Phi) is 8.17. The first-order valence-corrected chi connectivity index (χ1v) is 6.74. The second-order valence-corrected chi connectivity index (χ2v) is 4.74. The summed E-state index contributed by atoms with van der Waals surface area (Å²) in [4.78, 5) is 0. The molecular formula is C13H19BrFNO2. The van der Waals surface area contributed by atoms with Gasteiger partial charge in [-0.25, -0.2) is 4.39 Å². The van der Waals surface area contributed by atoms with Crippen LogP contribution in [0.3, 0.4) is 0 Å². The minimum absolute atomic E-state index is 0.231. The van der Waals surface area contributed by atoms with Crippen molar-refractivity contribution >= 4 is 15.9 Å². The summed E-state index contributed by atoms with van der Waals surface area (Å²) in [6.45, 7) is 3.61. The molecule has 1 aromatic rings. The zero-order valence-electron chi connectivity index (χ0n) is 10.5. The largest absolute Gasteiger partial charge is 0.382 e. The first-order valence-electron chi connectivity index (χ1n) is 5.95. The Hall–Kier alpha value is -0.490. The summed E-state index contributed by atoms with van der Waals surface area (Å²) in [6, 6.07) is 5.04. The van der Waals surface area contributed by atoms with Crippen LogP contribution in [0.4, 0.5) is 4.39 Å². The van der Waals surface area contributed by atoms with E-state index in [0.29, 0.717) is 17.7 Å². The van der Waals surface area contributed by atoms with Crippen molar-refractivity contribution in [3.05, 3.63) is 34.1 Å². The first kappa shape index (κ1) is 15.6. The second-order valence-electron chi connectivity index (χ2n) is 3.88. The molecule has 102 valence electrons. The fourth-order valence-corrected chi connectivity index (χ4v) is 1.85. The third-order valence-corrected chi connectivity index (χ3v) is 2.99. The van der Waals surface area contributed by atoms with Gasteiger partial charge in [0.2, 0.25) is 0 Å². The molecule has 3 nitrogen and oxygen atoms in total. The van der Waals surface area contributed by atoms with Gasteiger partial charge < -0.3 is 14.8 Å². The standard InChI is InChI=1S/C13H19BrFNO2/c1-17-7-8-18-6-2-5-16-10-11-3-4-13(15)12(14)9-11/h3-4,9,16H,2,5-8,10H2,1H3. The maximum absolute atomic E-state index is 13.0. The molecular weight excluding hydrogens is 301 g/mol. The predicted octanol–water partition coefficient (Wildman–Crippen LogP) is 2.73. The normalized spacial score (nSPS) is 10.8. The SMILES string of the molecule is COCCOCCCNCc1ccc(F)c(Br)c1. The molecule has 0 aliphatic heterocycles. The Balaban J connectivity index is 2.05. The van der Waals surface area contributed by atoms with Gasteiger partial charge >= 0.3 is 0 Å². The van der Waals surface area contributed by atoms with Crippen LogP contribution in [0.1, 0.15) is 12.0 Å². The molecule has 1 N–H and O–H groups in total. The van der Waals surface area contributed by atoms with Crippen LogP contribution < -0.4 is 5.32 Å². The molecule has 0 spiro atoms. The van der Waals surface area contributed by atoms with Crippen molar-refractivity contribution < 1.29 is 13.9 Å². The van der Waals surface area contributed by atoms with Gasteiger partial charge in [-0.05, 0) is 46.6 Å². The summed E-state index contributed by atoms with van der Waals surface area (Å²) in [5.41, 5.74) is 1.06. The Morgan fingerprint density at radius 2 is 2.11 bits per heavy atom. The summed E-state index contributed by atoms with van der Waals surface area (Å²) in [7, 11) is 1.66. The van der Waals surface area contributed by atoms with Crippen LogP contribution in [0, 0.1) is 5.82 Å². The van der Waals surface area contributed by atoms with Crippen molar-refractivity contribution in [1.29, 1.82) is 0 Å². The van der Waals surface area contributed by atoms with E-state index in [2.05, 4.69) is 21.2 Å². The topological polar surface area (TPSA) is 30.5 Å². The number of hydrogen-bond acceptors (Lipinski definition) is 3. The summed E-state index contributed by atoms with van der Waals surface area (Å²) in [5, 5.41) is 3.28. The van der Waals surface area contributed by atoms with Crippen LogP contribution in [-0.4, -0.2) is 33.5 Å². The monoisotopic (exact) mass is 319 g/mol.